The number of hydrogen-bond donors (Lipinski definition) is 1. The van der Waals surface area contributed by atoms with Crippen LogP contribution in [0.1, 0.15) is 70.7 Å². The normalized spacial score (nSPS) is 28.3. The van der Waals surface area contributed by atoms with Crippen LogP contribution in [0.5, 0.6) is 0 Å². The first-order valence-corrected chi connectivity index (χ1v) is 14.0. The zero-order chi connectivity index (χ0) is 23.8. The second-order valence-electron chi connectivity index (χ2n) is 11.3. The third-order valence-electron chi connectivity index (χ3n) is 9.25. The lowest BCUT2D eigenvalue weighted by atomic mass is 9.69. The van der Waals surface area contributed by atoms with Gasteiger partial charge in [-0.25, -0.2) is 0 Å². The maximum Gasteiger partial charge on any atom is 0.230 e. The molecule has 0 radical (unpaired) electrons. The molecule has 2 aromatic rings. The van der Waals surface area contributed by atoms with Crippen LogP contribution in [-0.4, -0.2) is 50.5 Å². The van der Waals surface area contributed by atoms with Gasteiger partial charge in [0.1, 0.15) is 5.82 Å². The van der Waals surface area contributed by atoms with E-state index < -0.39 is 0 Å². The van der Waals surface area contributed by atoms with Crippen molar-refractivity contribution < 1.29 is 4.79 Å². The quantitative estimate of drug-likeness (QED) is 0.552. The Labute approximate surface area is 208 Å². The van der Waals surface area contributed by atoms with Gasteiger partial charge < -0.3 is 9.88 Å². The number of piperidine rings is 1. The molecule has 184 valence electrons. The van der Waals surface area contributed by atoms with Crippen LogP contribution in [0.3, 0.4) is 0 Å². The van der Waals surface area contributed by atoms with Crippen LogP contribution in [0, 0.1) is 16.7 Å². The number of nitrogens with zero attached hydrogens (tertiary/aromatic N) is 4. The molecule has 1 N–H and O–H groups in total. The largest absolute Gasteiger partial charge is 0.352 e. The summed E-state index contributed by atoms with van der Waals surface area (Å²) in [5, 5.41) is 13.3. The summed E-state index contributed by atoms with van der Waals surface area (Å²) in [4.78, 5) is 15.5. The molecule has 3 aliphatic rings. The highest BCUT2D eigenvalue weighted by Crippen LogP contribution is 2.65. The molecule has 1 amide bonds. The molecule has 1 saturated heterocycles. The number of amides is 1. The average Bonchev–Trinajstić information content (AvgIpc) is 3.37. The fourth-order valence-electron chi connectivity index (χ4n) is 6.57. The minimum absolute atomic E-state index is 0.117. The monoisotopic (exact) mass is 481 g/mol. The Morgan fingerprint density at radius 2 is 1.85 bits per heavy atom. The van der Waals surface area contributed by atoms with E-state index >= 15 is 0 Å². The molecule has 1 aromatic heterocycles. The Morgan fingerprint density at radius 1 is 1.09 bits per heavy atom. The highest BCUT2D eigenvalue weighted by molar-refractivity contribution is 7.99. The molecule has 2 bridgehead atoms. The molecule has 0 unspecified atom stereocenters. The van der Waals surface area contributed by atoms with Gasteiger partial charge in [0.25, 0.3) is 0 Å². The van der Waals surface area contributed by atoms with E-state index in [4.69, 9.17) is 0 Å². The summed E-state index contributed by atoms with van der Waals surface area (Å²) in [5.74, 6) is 2.22. The predicted molar refractivity (Wildman–Crippen MR) is 137 cm³/mol. The zero-order valence-electron chi connectivity index (χ0n) is 20.9. The second-order valence-corrected chi connectivity index (χ2v) is 12.3. The molecular formula is C27H39N5OS. The van der Waals surface area contributed by atoms with Crippen molar-refractivity contribution in [3.8, 4) is 0 Å². The fourth-order valence-corrected chi connectivity index (χ4v) is 7.34. The molecule has 0 spiro atoms. The molecule has 3 fully saturated rings. The second kappa shape index (κ2) is 9.65. The van der Waals surface area contributed by atoms with E-state index in [1.165, 1.54) is 49.4 Å². The van der Waals surface area contributed by atoms with Crippen LogP contribution < -0.4 is 5.32 Å². The summed E-state index contributed by atoms with van der Waals surface area (Å²) in [6, 6.07) is 10.8. The highest BCUT2D eigenvalue weighted by atomic mass is 32.2. The minimum Gasteiger partial charge on any atom is -0.352 e. The number of carbonyl (C=O) groups excluding carboxylic acids is 1. The summed E-state index contributed by atoms with van der Waals surface area (Å²) in [6.07, 6.45) is 7.46. The number of fused-ring (bicyclic) bond motifs is 2. The van der Waals surface area contributed by atoms with Crippen molar-refractivity contribution in [2.45, 2.75) is 83.6 Å². The number of benzene rings is 1. The van der Waals surface area contributed by atoms with E-state index in [0.717, 1.165) is 49.5 Å². The van der Waals surface area contributed by atoms with Crippen molar-refractivity contribution in [3.63, 3.8) is 0 Å². The van der Waals surface area contributed by atoms with E-state index in [1.807, 2.05) is 6.07 Å². The molecule has 1 aromatic carbocycles. The first-order chi connectivity index (χ1) is 16.4. The summed E-state index contributed by atoms with van der Waals surface area (Å²) in [5.41, 5.74) is 1.73. The summed E-state index contributed by atoms with van der Waals surface area (Å²) >= 11 is 1.52. The molecule has 7 heteroatoms. The van der Waals surface area contributed by atoms with Gasteiger partial charge in [0.2, 0.25) is 5.91 Å². The van der Waals surface area contributed by atoms with Gasteiger partial charge in [-0.3, -0.25) is 9.69 Å². The Hall–Kier alpha value is -1.86. The number of hydrogen-bond acceptors (Lipinski definition) is 5. The number of rotatable bonds is 8. The Bertz CT molecular complexity index is 1000. The van der Waals surface area contributed by atoms with E-state index in [-0.39, 0.29) is 17.4 Å². The third-order valence-corrected chi connectivity index (χ3v) is 10.2. The number of thioether (sulfide) groups is 1. The Balaban J connectivity index is 1.26. The maximum absolute atomic E-state index is 13.0. The summed E-state index contributed by atoms with van der Waals surface area (Å²) in [6.45, 7) is 11.0. The minimum atomic E-state index is 0.117. The number of nitrogens with one attached hydrogen (secondary N) is 1. The standard InChI is InChI=1S/C27H39N5OS/c1-26(2)21-12-13-27(26,3)22(16-21)28-24(33)19-34-25-30-29-23(18-31-14-8-5-9-15-31)32(25)17-20-10-6-4-7-11-20/h4,6-7,10-11,21-22H,5,8-9,12-19H2,1-3H3,(H,28,33)/t21-,22+,27-/m0/s1. The number of likely N-dealkylation sites (tertiary alicyclic amines) is 1. The van der Waals surface area contributed by atoms with Crippen molar-refractivity contribution in [1.29, 1.82) is 0 Å². The molecule has 2 heterocycles. The topological polar surface area (TPSA) is 63.1 Å². The molecule has 5 rings (SSSR count). The average molecular weight is 482 g/mol. The van der Waals surface area contributed by atoms with Gasteiger partial charge in [-0.2, -0.15) is 0 Å². The van der Waals surface area contributed by atoms with Gasteiger partial charge in [-0.05, 0) is 67.5 Å². The third kappa shape index (κ3) is 4.53. The lowest BCUT2D eigenvalue weighted by Crippen LogP contribution is -2.47. The Kier molecular flexibility index (Phi) is 6.77. The molecule has 2 aliphatic carbocycles. The van der Waals surface area contributed by atoms with Gasteiger partial charge in [0, 0.05) is 6.04 Å². The van der Waals surface area contributed by atoms with Gasteiger partial charge in [0.05, 0.1) is 18.8 Å². The molecular weight excluding hydrogens is 442 g/mol. The van der Waals surface area contributed by atoms with Gasteiger partial charge in [-0.15, -0.1) is 10.2 Å². The van der Waals surface area contributed by atoms with Gasteiger partial charge in [0.15, 0.2) is 5.16 Å². The Morgan fingerprint density at radius 3 is 2.53 bits per heavy atom. The van der Waals surface area contributed by atoms with Crippen LogP contribution in [0.2, 0.25) is 0 Å². The summed E-state index contributed by atoms with van der Waals surface area (Å²) in [7, 11) is 0. The van der Waals surface area contributed by atoms with Crippen LogP contribution >= 0.6 is 11.8 Å². The first kappa shape index (κ1) is 23.9. The van der Waals surface area contributed by atoms with Crippen LogP contribution in [0.4, 0.5) is 0 Å². The highest BCUT2D eigenvalue weighted by Gasteiger charge is 2.61. The molecule has 34 heavy (non-hydrogen) atoms. The fraction of sp³-hybridized carbons (Fsp3) is 0.667. The van der Waals surface area contributed by atoms with Crippen LogP contribution in [0.25, 0.3) is 0 Å². The first-order valence-electron chi connectivity index (χ1n) is 13.0. The SMILES string of the molecule is CC1(C)[C@H]2CC[C@@]1(C)[C@H](NC(=O)CSc1nnc(CN3CCCCC3)n1Cc1ccccc1)C2. The molecule has 6 nitrogen and oxygen atoms in total. The number of aromatic nitrogens is 3. The maximum atomic E-state index is 13.0. The van der Waals surface area contributed by atoms with Crippen molar-refractivity contribution in [1.82, 2.24) is 25.0 Å². The van der Waals surface area contributed by atoms with Crippen molar-refractivity contribution >= 4 is 17.7 Å². The van der Waals surface area contributed by atoms with Crippen LogP contribution in [-0.2, 0) is 17.9 Å². The number of carbonyl (C=O) groups is 1. The molecule has 1 aliphatic heterocycles. The van der Waals surface area contributed by atoms with E-state index in [2.05, 4.69) is 70.0 Å². The zero-order valence-corrected chi connectivity index (χ0v) is 21.7. The molecule has 2 saturated carbocycles. The van der Waals surface area contributed by atoms with E-state index in [0.29, 0.717) is 11.2 Å². The molecule has 3 atom stereocenters. The van der Waals surface area contributed by atoms with Gasteiger partial charge in [-0.1, -0.05) is 69.3 Å². The van der Waals surface area contributed by atoms with E-state index in [1.54, 1.807) is 0 Å². The predicted octanol–water partition coefficient (Wildman–Crippen LogP) is 4.74. The van der Waals surface area contributed by atoms with Crippen molar-refractivity contribution in [3.05, 3.63) is 41.7 Å². The van der Waals surface area contributed by atoms with Crippen LogP contribution in [0.15, 0.2) is 35.5 Å². The van der Waals surface area contributed by atoms with Crippen molar-refractivity contribution in [2.24, 2.45) is 16.7 Å². The van der Waals surface area contributed by atoms with E-state index in [9.17, 15) is 4.79 Å². The smallest absolute Gasteiger partial charge is 0.230 e. The lowest BCUT2D eigenvalue weighted by molar-refractivity contribution is -0.120. The van der Waals surface area contributed by atoms with Gasteiger partial charge >= 0.3 is 0 Å². The summed E-state index contributed by atoms with van der Waals surface area (Å²) < 4.78 is 2.21. The lowest BCUT2D eigenvalue weighted by Gasteiger charge is -2.39. The van der Waals surface area contributed by atoms with Crippen molar-refractivity contribution in [2.75, 3.05) is 18.8 Å².